The number of nitrogens with two attached hydrogens (primary N) is 1. The first-order valence-electron chi connectivity index (χ1n) is 3.88. The summed E-state index contributed by atoms with van der Waals surface area (Å²) in [6.07, 6.45) is 2.79. The quantitative estimate of drug-likeness (QED) is 0.519. The summed E-state index contributed by atoms with van der Waals surface area (Å²) < 4.78 is 11.5. The summed E-state index contributed by atoms with van der Waals surface area (Å²) >= 11 is 0. The summed E-state index contributed by atoms with van der Waals surface area (Å²) in [5, 5.41) is 3.13. The van der Waals surface area contributed by atoms with Gasteiger partial charge in [0.05, 0.1) is 6.67 Å². The van der Waals surface area contributed by atoms with Crippen molar-refractivity contribution < 1.29 is 4.39 Å². The van der Waals surface area contributed by atoms with Crippen molar-refractivity contribution in [1.82, 2.24) is 5.32 Å². The highest BCUT2D eigenvalue weighted by atomic mass is 18.2. The Morgan fingerprint density at radius 3 is 2.40 bits per heavy atom. The highest BCUT2D eigenvalue weighted by Gasteiger charge is 1.86. The van der Waals surface area contributed by atoms with Gasteiger partial charge in [0.1, 0.15) is 0 Å². The van der Waals surface area contributed by atoms with Crippen LogP contribution in [-0.4, -0.2) is 26.3 Å². The molecule has 0 heterocycles. The second-order valence-corrected chi connectivity index (χ2v) is 2.29. The molecule has 3 N–H and O–H groups in total. The lowest BCUT2D eigenvalue weighted by Gasteiger charge is -2.00. The molecule has 0 spiro atoms. The molecule has 0 saturated carbocycles. The lowest BCUT2D eigenvalue weighted by Crippen LogP contribution is -2.17. The maximum atomic E-state index is 11.5. The Hall–Kier alpha value is -0.150. The van der Waals surface area contributed by atoms with E-state index in [0.29, 0.717) is 6.42 Å². The third-order valence-electron chi connectivity index (χ3n) is 1.29. The van der Waals surface area contributed by atoms with Gasteiger partial charge in [0.2, 0.25) is 0 Å². The van der Waals surface area contributed by atoms with Gasteiger partial charge in [-0.2, -0.15) is 0 Å². The van der Waals surface area contributed by atoms with Gasteiger partial charge in [-0.3, -0.25) is 4.39 Å². The Bertz CT molecular complexity index is 51.6. The molecule has 3 heteroatoms. The molecule has 0 unspecified atom stereocenters. The van der Waals surface area contributed by atoms with Gasteiger partial charge in [-0.05, 0) is 38.9 Å². The first-order valence-corrected chi connectivity index (χ1v) is 3.88. The van der Waals surface area contributed by atoms with Crippen molar-refractivity contribution >= 4 is 0 Å². The van der Waals surface area contributed by atoms with E-state index in [1.54, 1.807) is 0 Å². The van der Waals surface area contributed by atoms with Crippen LogP contribution in [0.5, 0.6) is 0 Å². The van der Waals surface area contributed by atoms with Crippen LogP contribution in [0, 0.1) is 0 Å². The minimum Gasteiger partial charge on any atom is -0.330 e. The Morgan fingerprint density at radius 1 is 1.10 bits per heavy atom. The molecule has 0 radical (unpaired) electrons. The third kappa shape index (κ3) is 7.85. The van der Waals surface area contributed by atoms with Gasteiger partial charge in [0, 0.05) is 0 Å². The van der Waals surface area contributed by atoms with Gasteiger partial charge in [-0.1, -0.05) is 0 Å². The first-order chi connectivity index (χ1) is 4.91. The van der Waals surface area contributed by atoms with Crippen LogP contribution in [0.25, 0.3) is 0 Å². The van der Waals surface area contributed by atoms with E-state index < -0.39 is 0 Å². The topological polar surface area (TPSA) is 38.0 Å². The highest BCUT2D eigenvalue weighted by molar-refractivity contribution is 4.48. The van der Waals surface area contributed by atoms with Crippen molar-refractivity contribution in [3.05, 3.63) is 0 Å². The molecule has 0 aliphatic rings. The van der Waals surface area contributed by atoms with Gasteiger partial charge >= 0.3 is 0 Å². The molecule has 0 aromatic heterocycles. The Labute approximate surface area is 62.0 Å². The maximum absolute atomic E-state index is 11.5. The van der Waals surface area contributed by atoms with E-state index >= 15 is 0 Å². The molecule has 0 atom stereocenters. The van der Waals surface area contributed by atoms with E-state index in [2.05, 4.69) is 5.32 Å². The zero-order chi connectivity index (χ0) is 7.66. The van der Waals surface area contributed by atoms with E-state index in [9.17, 15) is 4.39 Å². The number of alkyl halides is 1. The van der Waals surface area contributed by atoms with Gasteiger partial charge < -0.3 is 11.1 Å². The van der Waals surface area contributed by atoms with Crippen LogP contribution in [0.1, 0.15) is 19.3 Å². The molecule has 0 aromatic carbocycles. The van der Waals surface area contributed by atoms with Crippen molar-refractivity contribution in [1.29, 1.82) is 0 Å². The van der Waals surface area contributed by atoms with Gasteiger partial charge in [0.25, 0.3) is 0 Å². The Balaban J connectivity index is 2.65. The molecule has 0 amide bonds. The van der Waals surface area contributed by atoms with Gasteiger partial charge in [-0.15, -0.1) is 0 Å². The average Bonchev–Trinajstić information content (AvgIpc) is 1.97. The summed E-state index contributed by atoms with van der Waals surface area (Å²) in [7, 11) is 0. The molecule has 0 aliphatic carbocycles. The van der Waals surface area contributed by atoms with Crippen molar-refractivity contribution in [3.63, 3.8) is 0 Å². The molecule has 0 aliphatic heterocycles. The summed E-state index contributed by atoms with van der Waals surface area (Å²) in [5.74, 6) is 0. The molecule has 10 heavy (non-hydrogen) atoms. The van der Waals surface area contributed by atoms with E-state index in [4.69, 9.17) is 5.73 Å². The van der Waals surface area contributed by atoms with E-state index in [-0.39, 0.29) is 6.67 Å². The van der Waals surface area contributed by atoms with Gasteiger partial charge in [-0.25, -0.2) is 0 Å². The highest BCUT2D eigenvalue weighted by Crippen LogP contribution is 1.83. The zero-order valence-electron chi connectivity index (χ0n) is 6.41. The fraction of sp³-hybridized carbons (Fsp3) is 1.00. The Morgan fingerprint density at radius 2 is 1.80 bits per heavy atom. The fourth-order valence-electron chi connectivity index (χ4n) is 0.711. The number of nitrogens with one attached hydrogen (secondary N) is 1. The number of halogens is 1. The standard InChI is InChI=1S/C7H17FN2/c8-4-3-7-10-6-2-1-5-9/h10H,1-7,9H2/i8-1. The third-order valence-corrected chi connectivity index (χ3v) is 1.29. The molecular weight excluding hydrogens is 130 g/mol. The Kier molecular flexibility index (Phi) is 8.72. The predicted molar refractivity (Wildman–Crippen MR) is 41.8 cm³/mol. The van der Waals surface area contributed by atoms with Crippen LogP contribution in [0.4, 0.5) is 4.39 Å². The van der Waals surface area contributed by atoms with Crippen LogP contribution < -0.4 is 11.1 Å². The van der Waals surface area contributed by atoms with E-state index in [1.807, 2.05) is 0 Å². The molecule has 0 bridgehead atoms. The first kappa shape index (κ1) is 9.85. The molecule has 2 nitrogen and oxygen atoms in total. The second kappa shape index (κ2) is 8.85. The van der Waals surface area contributed by atoms with Crippen LogP contribution in [0.15, 0.2) is 0 Å². The number of hydrogen-bond acceptors (Lipinski definition) is 2. The van der Waals surface area contributed by atoms with Crippen LogP contribution in [0.3, 0.4) is 0 Å². The summed E-state index contributed by atoms with van der Waals surface area (Å²) in [6.45, 7) is 2.30. The van der Waals surface area contributed by atoms with Crippen LogP contribution in [-0.2, 0) is 0 Å². The molecule has 62 valence electrons. The average molecular weight is 147 g/mol. The number of rotatable bonds is 7. The van der Waals surface area contributed by atoms with E-state index in [1.165, 1.54) is 0 Å². The lowest BCUT2D eigenvalue weighted by molar-refractivity contribution is 0.457. The molecule has 0 saturated heterocycles. The SMILES string of the molecule is NCCCCNCCC[18F]. The summed E-state index contributed by atoms with van der Waals surface area (Å²) in [4.78, 5) is 0. The number of hydrogen-bond donors (Lipinski definition) is 2. The maximum Gasteiger partial charge on any atom is 0.0906 e. The van der Waals surface area contributed by atoms with Crippen molar-refractivity contribution in [3.8, 4) is 0 Å². The molecule has 0 fully saturated rings. The normalized spacial score (nSPS) is 10.2. The van der Waals surface area contributed by atoms with Crippen molar-refractivity contribution in [2.24, 2.45) is 5.73 Å². The molecular formula is C7H17FN2. The summed E-state index contributed by atoms with van der Waals surface area (Å²) in [5.41, 5.74) is 5.28. The predicted octanol–water partition coefficient (Wildman–Crippen LogP) is 0.675. The lowest BCUT2D eigenvalue weighted by atomic mass is 10.3. The van der Waals surface area contributed by atoms with Crippen LogP contribution in [0.2, 0.25) is 0 Å². The van der Waals surface area contributed by atoms with Crippen molar-refractivity contribution in [2.45, 2.75) is 19.3 Å². The van der Waals surface area contributed by atoms with E-state index in [0.717, 1.165) is 32.5 Å². The van der Waals surface area contributed by atoms with Gasteiger partial charge in [0.15, 0.2) is 0 Å². The summed E-state index contributed by atoms with van der Waals surface area (Å²) in [6, 6.07) is 0. The monoisotopic (exact) mass is 147 g/mol. The smallest absolute Gasteiger partial charge is 0.0906 e. The minimum atomic E-state index is -0.218. The zero-order valence-corrected chi connectivity index (χ0v) is 6.41. The minimum absolute atomic E-state index is 0.218. The number of unbranched alkanes of at least 4 members (excludes halogenated alkanes) is 1. The molecule has 0 rings (SSSR count). The second-order valence-electron chi connectivity index (χ2n) is 2.29. The largest absolute Gasteiger partial charge is 0.330 e. The fourth-order valence-corrected chi connectivity index (χ4v) is 0.711. The van der Waals surface area contributed by atoms with Crippen molar-refractivity contribution in [2.75, 3.05) is 26.3 Å². The van der Waals surface area contributed by atoms with Crippen LogP contribution >= 0.6 is 0 Å². The molecule has 0 aromatic rings.